The van der Waals surface area contributed by atoms with E-state index in [4.69, 9.17) is 0 Å². The molecule has 10 rings (SSSR count). The lowest BCUT2D eigenvalue weighted by Gasteiger charge is -2.24. The number of H-pyrrole nitrogens is 1. The second kappa shape index (κ2) is 9.34. The number of aryl methyl sites for hydroxylation is 1. The summed E-state index contributed by atoms with van der Waals surface area (Å²) in [5, 5.41) is 8.11. The van der Waals surface area contributed by atoms with Gasteiger partial charge in [0.1, 0.15) is 9.66 Å². The summed E-state index contributed by atoms with van der Waals surface area (Å²) in [4.78, 5) is 6.51. The van der Waals surface area contributed by atoms with Crippen molar-refractivity contribution in [3.63, 3.8) is 0 Å². The Morgan fingerprint density at radius 1 is 0.705 bits per heavy atom. The summed E-state index contributed by atoms with van der Waals surface area (Å²) >= 11 is 3.79. The number of aromatic nitrogens is 2. The largest absolute Gasteiger partial charge is 0.346 e. The molecular weight excluding hydrogens is 571 g/mol. The Balaban J connectivity index is 1.30. The van der Waals surface area contributed by atoms with Crippen LogP contribution in [0.2, 0.25) is 0 Å². The maximum absolute atomic E-state index is 3.89. The molecule has 9 aromatic rings. The Morgan fingerprint density at radius 3 is 2.32 bits per heavy atom. The fraction of sp³-hybridized carbons (Fsp3) is 0.128. The van der Waals surface area contributed by atoms with Gasteiger partial charge in [-0.15, -0.1) is 22.7 Å². The standard InChI is InChI=1S/C39H28BN2S2/c1-2-3-4-11-22-20-28(23-14-9-15-26-33-24-12-5-7-18-31(24)43-38(33)41-36(23)26)35-30(21-22)42-37-27(16-10-17-29(37)40-35)34-25-13-6-8-19-32(25)44-39(34)42/h5-10,12-21,41H,2-4,11H2,1H3. The van der Waals surface area contributed by atoms with E-state index in [2.05, 4.69) is 121 Å². The van der Waals surface area contributed by atoms with Crippen LogP contribution in [0.4, 0.5) is 0 Å². The fourth-order valence-electron chi connectivity index (χ4n) is 7.68. The van der Waals surface area contributed by atoms with Crippen LogP contribution in [-0.2, 0) is 6.42 Å². The number of benzene rings is 5. The van der Waals surface area contributed by atoms with E-state index >= 15 is 0 Å². The van der Waals surface area contributed by atoms with Gasteiger partial charge in [0.15, 0.2) is 7.28 Å². The number of fused-ring (bicyclic) bond motifs is 12. The summed E-state index contributed by atoms with van der Waals surface area (Å²) in [5.41, 5.74) is 10.5. The molecule has 5 heteroatoms. The summed E-state index contributed by atoms with van der Waals surface area (Å²) in [6.07, 6.45) is 4.79. The van der Waals surface area contributed by atoms with Gasteiger partial charge in [0.2, 0.25) is 0 Å². The normalized spacial score (nSPS) is 12.8. The van der Waals surface area contributed by atoms with Crippen molar-refractivity contribution in [1.29, 1.82) is 0 Å². The molecule has 5 aromatic carbocycles. The van der Waals surface area contributed by atoms with Gasteiger partial charge in [0.05, 0.1) is 5.52 Å². The predicted molar refractivity (Wildman–Crippen MR) is 195 cm³/mol. The van der Waals surface area contributed by atoms with Crippen molar-refractivity contribution in [3.8, 4) is 16.8 Å². The molecule has 4 aromatic heterocycles. The fourth-order valence-corrected chi connectivity index (χ4v) is 10.0. The maximum atomic E-state index is 3.89. The first-order valence-corrected chi connectivity index (χ1v) is 17.3. The van der Waals surface area contributed by atoms with Crippen LogP contribution < -0.4 is 10.9 Å². The van der Waals surface area contributed by atoms with Gasteiger partial charge in [0.25, 0.3) is 0 Å². The Hall–Kier alpha value is -4.32. The number of nitrogens with zero attached hydrogens (tertiary/aromatic N) is 1. The molecule has 1 N–H and O–H groups in total. The minimum Gasteiger partial charge on any atom is -0.346 e. The molecule has 44 heavy (non-hydrogen) atoms. The molecule has 0 fully saturated rings. The van der Waals surface area contributed by atoms with E-state index in [1.54, 1.807) is 0 Å². The minimum atomic E-state index is 1.09. The highest BCUT2D eigenvalue weighted by molar-refractivity contribution is 7.26. The van der Waals surface area contributed by atoms with E-state index in [0.29, 0.717) is 0 Å². The predicted octanol–water partition coefficient (Wildman–Crippen LogP) is 10.2. The molecule has 0 atom stereocenters. The van der Waals surface area contributed by atoms with Crippen molar-refractivity contribution in [2.75, 3.05) is 0 Å². The molecule has 0 bridgehead atoms. The monoisotopic (exact) mass is 599 g/mol. The van der Waals surface area contributed by atoms with Crippen molar-refractivity contribution in [1.82, 2.24) is 9.55 Å². The van der Waals surface area contributed by atoms with Crippen LogP contribution in [0.3, 0.4) is 0 Å². The minimum absolute atomic E-state index is 1.09. The molecule has 0 unspecified atom stereocenters. The molecule has 1 radical (unpaired) electrons. The summed E-state index contributed by atoms with van der Waals surface area (Å²) < 4.78 is 5.28. The number of hydrogen-bond donors (Lipinski definition) is 1. The van der Waals surface area contributed by atoms with Crippen molar-refractivity contribution in [2.24, 2.45) is 0 Å². The first-order valence-electron chi connectivity index (χ1n) is 15.7. The zero-order valence-corrected chi connectivity index (χ0v) is 26.0. The second-order valence-electron chi connectivity index (χ2n) is 12.2. The van der Waals surface area contributed by atoms with E-state index in [1.807, 2.05) is 22.7 Å². The smallest absolute Gasteiger partial charge is 0.197 e. The molecule has 0 saturated carbocycles. The van der Waals surface area contributed by atoms with E-state index in [0.717, 1.165) is 6.42 Å². The van der Waals surface area contributed by atoms with Crippen molar-refractivity contribution in [2.45, 2.75) is 32.6 Å². The summed E-state index contributed by atoms with van der Waals surface area (Å²) in [5.74, 6) is 0. The number of aromatic amines is 1. The van der Waals surface area contributed by atoms with Crippen LogP contribution in [0.15, 0.2) is 97.1 Å². The number of thiophene rings is 2. The van der Waals surface area contributed by atoms with Crippen LogP contribution in [0.5, 0.6) is 0 Å². The quantitative estimate of drug-likeness (QED) is 0.150. The highest BCUT2D eigenvalue weighted by Crippen LogP contribution is 2.44. The van der Waals surface area contributed by atoms with Gasteiger partial charge in [-0.25, -0.2) is 0 Å². The first kappa shape index (κ1) is 25.1. The van der Waals surface area contributed by atoms with E-state index < -0.39 is 0 Å². The van der Waals surface area contributed by atoms with Gasteiger partial charge >= 0.3 is 0 Å². The lowest BCUT2D eigenvalue weighted by atomic mass is 9.59. The van der Waals surface area contributed by atoms with E-state index in [-0.39, 0.29) is 0 Å². The zero-order chi connectivity index (χ0) is 28.9. The lowest BCUT2D eigenvalue weighted by molar-refractivity contribution is 0.717. The van der Waals surface area contributed by atoms with E-state index in [1.165, 1.54) is 115 Å². The van der Waals surface area contributed by atoms with Crippen LogP contribution in [0, 0.1) is 0 Å². The summed E-state index contributed by atoms with van der Waals surface area (Å²) in [7, 11) is 2.45. The van der Waals surface area contributed by atoms with Crippen LogP contribution in [0.1, 0.15) is 31.7 Å². The molecule has 5 heterocycles. The van der Waals surface area contributed by atoms with Gasteiger partial charge < -0.3 is 9.55 Å². The third kappa shape index (κ3) is 3.37. The van der Waals surface area contributed by atoms with Crippen LogP contribution in [-0.4, -0.2) is 16.8 Å². The number of nitrogens with one attached hydrogen (secondary N) is 1. The lowest BCUT2D eigenvalue weighted by Crippen LogP contribution is -2.37. The molecule has 1 aliphatic heterocycles. The third-order valence-corrected chi connectivity index (χ3v) is 11.9. The molecule has 0 amide bonds. The molecule has 0 saturated heterocycles. The molecule has 0 spiro atoms. The second-order valence-corrected chi connectivity index (χ2v) is 14.3. The summed E-state index contributed by atoms with van der Waals surface area (Å²) in [6, 6.07) is 36.4. The van der Waals surface area contributed by atoms with Gasteiger partial charge in [0, 0.05) is 58.5 Å². The molecule has 1 aliphatic rings. The van der Waals surface area contributed by atoms with Crippen LogP contribution >= 0.6 is 22.7 Å². The maximum Gasteiger partial charge on any atom is 0.197 e. The van der Waals surface area contributed by atoms with Gasteiger partial charge in [-0.3, -0.25) is 0 Å². The van der Waals surface area contributed by atoms with Crippen molar-refractivity contribution in [3.05, 3.63) is 103 Å². The van der Waals surface area contributed by atoms with Gasteiger partial charge in [-0.1, -0.05) is 104 Å². The molecule has 0 aliphatic carbocycles. The molecular formula is C39H28BN2S2. The highest BCUT2D eigenvalue weighted by Gasteiger charge is 2.28. The number of para-hydroxylation sites is 2. The van der Waals surface area contributed by atoms with Gasteiger partial charge in [-0.2, -0.15) is 0 Å². The first-order chi connectivity index (χ1) is 21.8. The zero-order valence-electron chi connectivity index (χ0n) is 24.4. The van der Waals surface area contributed by atoms with E-state index in [9.17, 15) is 0 Å². The Labute approximate surface area is 263 Å². The Morgan fingerprint density at radius 2 is 1.45 bits per heavy atom. The topological polar surface area (TPSA) is 20.7 Å². The molecule has 2 nitrogen and oxygen atoms in total. The average molecular weight is 600 g/mol. The Bertz CT molecular complexity index is 2610. The number of unbranched alkanes of at least 4 members (excludes halogenated alkanes) is 2. The molecule has 209 valence electrons. The van der Waals surface area contributed by atoms with Crippen LogP contribution in [0.25, 0.3) is 79.2 Å². The summed E-state index contributed by atoms with van der Waals surface area (Å²) in [6.45, 7) is 2.29. The van der Waals surface area contributed by atoms with Gasteiger partial charge in [-0.05, 0) is 47.6 Å². The average Bonchev–Trinajstić information content (AvgIpc) is 3.79. The van der Waals surface area contributed by atoms with Crippen molar-refractivity contribution < 1.29 is 0 Å². The van der Waals surface area contributed by atoms with Crippen molar-refractivity contribution >= 4 is 103 Å². The highest BCUT2D eigenvalue weighted by atomic mass is 32.1. The third-order valence-electron chi connectivity index (χ3n) is 9.63. The number of rotatable bonds is 5. The number of hydrogen-bond acceptors (Lipinski definition) is 2. The Kier molecular flexibility index (Phi) is 5.32. The SMILES string of the molecule is CCCCCc1cc(-c2cccc3c2[nH]c2sc4ccccc4c23)c2c(c1)-n1c3sc4ccccc4c3c3cccc(c31)[B]2.